The summed E-state index contributed by atoms with van der Waals surface area (Å²) in [5.74, 6) is 0. The van der Waals surface area contributed by atoms with Crippen molar-refractivity contribution in [2.24, 2.45) is 0 Å². The van der Waals surface area contributed by atoms with Gasteiger partial charge in [-0.3, -0.25) is 0 Å². The zero-order chi connectivity index (χ0) is 37.9. The van der Waals surface area contributed by atoms with E-state index in [1.165, 1.54) is 131 Å². The van der Waals surface area contributed by atoms with E-state index in [-0.39, 0.29) is 0 Å². The Morgan fingerprint density at radius 1 is 0.172 bits per heavy atom. The van der Waals surface area contributed by atoms with Crippen molar-refractivity contribution in [3.8, 4) is 44.5 Å². The topological polar surface area (TPSA) is 0 Å². The van der Waals surface area contributed by atoms with Crippen LogP contribution in [0.15, 0.2) is 206 Å². The lowest BCUT2D eigenvalue weighted by Gasteiger charge is -2.16. The quantitative estimate of drug-likeness (QED) is 0.158. The van der Waals surface area contributed by atoms with Gasteiger partial charge in [0, 0.05) is 0 Å². The predicted molar refractivity (Wildman–Crippen MR) is 251 cm³/mol. The molecule has 0 saturated heterocycles. The zero-order valence-corrected chi connectivity index (χ0v) is 31.6. The zero-order valence-electron chi connectivity index (χ0n) is 31.6. The van der Waals surface area contributed by atoms with Gasteiger partial charge >= 0.3 is 0 Å². The van der Waals surface area contributed by atoms with Gasteiger partial charge in [0.2, 0.25) is 0 Å². The van der Waals surface area contributed by atoms with Crippen LogP contribution in [0.1, 0.15) is 0 Å². The minimum Gasteiger partial charge on any atom is -0.0622 e. The van der Waals surface area contributed by atoms with Gasteiger partial charge in [-0.25, -0.2) is 0 Å². The molecule has 0 N–H and O–H groups in total. The van der Waals surface area contributed by atoms with Crippen LogP contribution in [0.25, 0.3) is 131 Å². The summed E-state index contributed by atoms with van der Waals surface area (Å²) in [7, 11) is 0. The van der Waals surface area contributed by atoms with Crippen LogP contribution in [0.5, 0.6) is 0 Å². The molecule has 13 aromatic rings. The highest BCUT2D eigenvalue weighted by molar-refractivity contribution is 6.45. The second-order valence-electron chi connectivity index (χ2n) is 15.8. The molecule has 0 spiro atoms. The fourth-order valence-corrected chi connectivity index (χ4v) is 10.6. The fraction of sp³-hybridized carbons (Fsp3) is 0. The third-order valence-corrected chi connectivity index (χ3v) is 12.9. The summed E-state index contributed by atoms with van der Waals surface area (Å²) in [6, 6.07) is 76.8. The number of fused-ring (bicyclic) bond motifs is 10. The van der Waals surface area contributed by atoms with E-state index in [1.54, 1.807) is 0 Å². The molecule has 0 saturated carbocycles. The maximum atomic E-state index is 2.55. The molecule has 266 valence electrons. The van der Waals surface area contributed by atoms with Crippen LogP contribution in [0.4, 0.5) is 0 Å². The summed E-state index contributed by atoms with van der Waals surface area (Å²) in [6.07, 6.45) is 0. The molecule has 0 heteroatoms. The van der Waals surface area contributed by atoms with Crippen LogP contribution in [-0.4, -0.2) is 0 Å². The molecule has 0 radical (unpaired) electrons. The largest absolute Gasteiger partial charge is 0.0622 e. The first-order valence-corrected chi connectivity index (χ1v) is 20.3. The van der Waals surface area contributed by atoms with Gasteiger partial charge in [-0.2, -0.15) is 0 Å². The van der Waals surface area contributed by atoms with E-state index in [0.717, 1.165) is 0 Å². The van der Waals surface area contributed by atoms with Crippen LogP contribution in [0, 0.1) is 0 Å². The summed E-state index contributed by atoms with van der Waals surface area (Å²) < 4.78 is 0. The normalized spacial score (nSPS) is 12.1. The summed E-state index contributed by atoms with van der Waals surface area (Å²) in [5.41, 5.74) is 10.1. The highest BCUT2D eigenvalue weighted by Crippen LogP contribution is 2.54. The smallest absolute Gasteiger partial charge is 0.000719 e. The highest BCUT2D eigenvalue weighted by atomic mass is 14.3. The second-order valence-corrected chi connectivity index (χ2v) is 15.8. The van der Waals surface area contributed by atoms with Crippen molar-refractivity contribution in [2.75, 3.05) is 0 Å². The van der Waals surface area contributed by atoms with Gasteiger partial charge in [0.15, 0.2) is 0 Å². The minimum atomic E-state index is 1.24. The Kier molecular flexibility index (Phi) is 6.54. The van der Waals surface area contributed by atoms with Crippen molar-refractivity contribution >= 4 is 86.2 Å². The molecule has 58 heavy (non-hydrogen) atoms. The third-order valence-electron chi connectivity index (χ3n) is 12.9. The SMILES string of the molecule is c1ccc(-c2ccc(-c3ccccc3)c3c4cc5c(cc6c7c(-c8ccccc8)c8ccccc8c(-c8ccccc8)c7c7cccc5c76)c5cccc(c23)c54)cc1. The molecule has 13 aromatic carbocycles. The molecule has 0 aliphatic heterocycles. The molecule has 0 aromatic heterocycles. The van der Waals surface area contributed by atoms with Crippen molar-refractivity contribution in [2.45, 2.75) is 0 Å². The molecule has 0 aliphatic carbocycles. The van der Waals surface area contributed by atoms with Gasteiger partial charge in [-0.05, 0) is 143 Å². The standard InChI is InChI=1S/C58H34/c1-5-17-35(18-6-1)39-31-32-40(36-19-7-2-8-20-36)56-49-33-47-44-28-16-30-46-54(44)50(34-48(47)43-27-15-29-45(53(43)49)55(39)56)58-52(38-23-11-4-12-24-38)42-26-14-13-25-41(42)51(57(46)58)37-21-9-3-10-22-37/h1-34H. The van der Waals surface area contributed by atoms with Crippen molar-refractivity contribution in [3.05, 3.63) is 206 Å². The highest BCUT2D eigenvalue weighted by Gasteiger charge is 2.26. The molecule has 13 rings (SSSR count). The van der Waals surface area contributed by atoms with E-state index in [0.29, 0.717) is 0 Å². The Bertz CT molecular complexity index is 3730. The lowest BCUT2D eigenvalue weighted by Crippen LogP contribution is -1.89. The monoisotopic (exact) mass is 730 g/mol. The van der Waals surface area contributed by atoms with E-state index in [2.05, 4.69) is 206 Å². The molecule has 0 aliphatic rings. The first-order valence-electron chi connectivity index (χ1n) is 20.3. The van der Waals surface area contributed by atoms with Gasteiger partial charge in [0.1, 0.15) is 0 Å². The average molecular weight is 731 g/mol. The molecular formula is C58H34. The van der Waals surface area contributed by atoms with Crippen LogP contribution >= 0.6 is 0 Å². The second kappa shape index (κ2) is 12.0. The first kappa shape index (κ1) is 31.6. The molecule has 0 unspecified atom stereocenters. The Morgan fingerprint density at radius 2 is 0.500 bits per heavy atom. The Balaban J connectivity index is 1.27. The molecule has 0 heterocycles. The van der Waals surface area contributed by atoms with Crippen LogP contribution in [-0.2, 0) is 0 Å². The van der Waals surface area contributed by atoms with Crippen molar-refractivity contribution in [3.63, 3.8) is 0 Å². The molecule has 0 atom stereocenters. The number of rotatable bonds is 4. The van der Waals surface area contributed by atoms with Crippen LogP contribution in [0.3, 0.4) is 0 Å². The van der Waals surface area contributed by atoms with Gasteiger partial charge in [0.25, 0.3) is 0 Å². The summed E-state index contributed by atoms with van der Waals surface area (Å²) >= 11 is 0. The summed E-state index contributed by atoms with van der Waals surface area (Å²) in [6.45, 7) is 0. The number of hydrogen-bond donors (Lipinski definition) is 0. The van der Waals surface area contributed by atoms with Crippen LogP contribution in [0.2, 0.25) is 0 Å². The molecule has 0 fully saturated rings. The predicted octanol–water partition coefficient (Wildman–Crippen LogP) is 16.5. The molecule has 0 nitrogen and oxygen atoms in total. The van der Waals surface area contributed by atoms with E-state index in [1.807, 2.05) is 0 Å². The lowest BCUT2D eigenvalue weighted by atomic mass is 9.86. The maximum absolute atomic E-state index is 2.55. The van der Waals surface area contributed by atoms with Crippen molar-refractivity contribution in [1.82, 2.24) is 0 Å². The Hall–Kier alpha value is -7.54. The average Bonchev–Trinajstić information content (AvgIpc) is 3.81. The molecular weight excluding hydrogens is 697 g/mol. The van der Waals surface area contributed by atoms with Gasteiger partial charge < -0.3 is 0 Å². The molecule has 0 amide bonds. The third kappa shape index (κ3) is 4.24. The van der Waals surface area contributed by atoms with E-state index in [9.17, 15) is 0 Å². The first-order chi connectivity index (χ1) is 28.8. The Morgan fingerprint density at radius 3 is 0.966 bits per heavy atom. The molecule has 0 bridgehead atoms. The van der Waals surface area contributed by atoms with E-state index >= 15 is 0 Å². The van der Waals surface area contributed by atoms with Gasteiger partial charge in [-0.15, -0.1) is 0 Å². The van der Waals surface area contributed by atoms with E-state index < -0.39 is 0 Å². The van der Waals surface area contributed by atoms with E-state index in [4.69, 9.17) is 0 Å². The van der Waals surface area contributed by atoms with Gasteiger partial charge in [-0.1, -0.05) is 194 Å². The van der Waals surface area contributed by atoms with Crippen LogP contribution < -0.4 is 0 Å². The summed E-state index contributed by atoms with van der Waals surface area (Å²) in [5, 5.41) is 21.1. The summed E-state index contributed by atoms with van der Waals surface area (Å²) in [4.78, 5) is 0. The number of benzene rings is 11. The Labute approximate surface area is 335 Å². The number of hydrogen-bond acceptors (Lipinski definition) is 0. The maximum Gasteiger partial charge on any atom is -0.000719 e. The van der Waals surface area contributed by atoms with Gasteiger partial charge in [0.05, 0.1) is 0 Å². The van der Waals surface area contributed by atoms with Crippen molar-refractivity contribution in [1.29, 1.82) is 0 Å². The minimum absolute atomic E-state index is 1.24. The lowest BCUT2D eigenvalue weighted by molar-refractivity contribution is 1.64. The fourth-order valence-electron chi connectivity index (χ4n) is 10.6. The van der Waals surface area contributed by atoms with Crippen molar-refractivity contribution < 1.29 is 0 Å².